The number of para-hydroxylation sites is 1. The number of hydrogen-bond acceptors (Lipinski definition) is 5. The van der Waals surface area contributed by atoms with E-state index in [2.05, 4.69) is 15.9 Å². The van der Waals surface area contributed by atoms with E-state index in [4.69, 9.17) is 9.47 Å². The number of phenols is 1. The van der Waals surface area contributed by atoms with Gasteiger partial charge in [0.25, 0.3) is 0 Å². The van der Waals surface area contributed by atoms with Crippen molar-refractivity contribution in [1.29, 1.82) is 0 Å². The van der Waals surface area contributed by atoms with Crippen molar-refractivity contribution in [2.24, 2.45) is 0 Å². The molecule has 0 aliphatic heterocycles. The maximum absolute atomic E-state index is 12.1. The minimum absolute atomic E-state index is 0.219. The van der Waals surface area contributed by atoms with Crippen molar-refractivity contribution in [3.63, 3.8) is 0 Å². The van der Waals surface area contributed by atoms with Gasteiger partial charge in [-0.2, -0.15) is 0 Å². The van der Waals surface area contributed by atoms with E-state index in [0.717, 1.165) is 10.5 Å². The number of aromatic hydroxyl groups is 1. The molecule has 4 nitrogen and oxygen atoms in total. The third-order valence-corrected chi connectivity index (χ3v) is 4.77. The van der Waals surface area contributed by atoms with Crippen molar-refractivity contribution in [3.05, 3.63) is 52.0 Å². The van der Waals surface area contributed by atoms with Gasteiger partial charge >= 0.3 is 5.97 Å². The standard InChI is InChI=1S/C16H15BrO4S/c1-20-15-11(17)8-7-10(14(15)16(19)21-2)9-22-13-6-4-3-5-12(13)18/h3-8,18H,9H2,1-2H3. The zero-order chi connectivity index (χ0) is 16.1. The van der Waals surface area contributed by atoms with Crippen LogP contribution in [0.1, 0.15) is 15.9 Å². The fourth-order valence-electron chi connectivity index (χ4n) is 1.98. The second-order valence-corrected chi connectivity index (χ2v) is 6.23. The van der Waals surface area contributed by atoms with Crippen LogP contribution in [0.2, 0.25) is 0 Å². The summed E-state index contributed by atoms with van der Waals surface area (Å²) in [7, 11) is 2.84. The van der Waals surface area contributed by atoms with E-state index in [0.29, 0.717) is 21.5 Å². The maximum Gasteiger partial charge on any atom is 0.342 e. The van der Waals surface area contributed by atoms with Gasteiger partial charge in [-0.25, -0.2) is 4.79 Å². The number of carbonyl (C=O) groups excluding carboxylic acids is 1. The van der Waals surface area contributed by atoms with Gasteiger partial charge in [0.1, 0.15) is 17.1 Å². The van der Waals surface area contributed by atoms with Gasteiger partial charge in [-0.05, 0) is 39.7 Å². The molecule has 0 saturated heterocycles. The lowest BCUT2D eigenvalue weighted by Crippen LogP contribution is -2.08. The molecule has 2 rings (SSSR count). The van der Waals surface area contributed by atoms with E-state index in [1.54, 1.807) is 12.1 Å². The number of rotatable bonds is 5. The monoisotopic (exact) mass is 382 g/mol. The highest BCUT2D eigenvalue weighted by molar-refractivity contribution is 9.10. The van der Waals surface area contributed by atoms with Crippen LogP contribution in [0.5, 0.6) is 11.5 Å². The molecule has 0 atom stereocenters. The highest BCUT2D eigenvalue weighted by Gasteiger charge is 2.20. The first-order valence-corrected chi connectivity index (χ1v) is 8.20. The van der Waals surface area contributed by atoms with Crippen LogP contribution in [0.15, 0.2) is 45.8 Å². The Morgan fingerprint density at radius 1 is 1.23 bits per heavy atom. The highest BCUT2D eigenvalue weighted by Crippen LogP contribution is 2.36. The third-order valence-electron chi connectivity index (χ3n) is 3.04. The molecule has 0 aliphatic carbocycles. The van der Waals surface area contributed by atoms with Gasteiger partial charge in [-0.15, -0.1) is 11.8 Å². The second-order valence-electron chi connectivity index (χ2n) is 4.36. The van der Waals surface area contributed by atoms with Crippen LogP contribution in [-0.2, 0) is 10.5 Å². The topological polar surface area (TPSA) is 55.8 Å². The fraction of sp³-hybridized carbons (Fsp3) is 0.188. The molecule has 0 fully saturated rings. The summed E-state index contributed by atoms with van der Waals surface area (Å²) in [6, 6.07) is 10.7. The van der Waals surface area contributed by atoms with Crippen molar-refractivity contribution in [3.8, 4) is 11.5 Å². The summed E-state index contributed by atoms with van der Waals surface area (Å²) in [6.07, 6.45) is 0. The number of halogens is 1. The molecule has 0 unspecified atom stereocenters. The lowest BCUT2D eigenvalue weighted by Gasteiger charge is -2.14. The summed E-state index contributed by atoms with van der Waals surface area (Å²) in [5.41, 5.74) is 1.17. The molecule has 0 heterocycles. The molecule has 0 aromatic heterocycles. The summed E-state index contributed by atoms with van der Waals surface area (Å²) < 4.78 is 10.8. The average molecular weight is 383 g/mol. The Labute approximate surface area is 141 Å². The van der Waals surface area contributed by atoms with Crippen LogP contribution in [0.3, 0.4) is 0 Å². The summed E-state index contributed by atoms with van der Waals surface area (Å²) in [5.74, 6) is 0.718. The molecule has 0 aliphatic rings. The molecule has 2 aromatic rings. The molecule has 2 aromatic carbocycles. The van der Waals surface area contributed by atoms with Crippen LogP contribution in [-0.4, -0.2) is 25.3 Å². The van der Waals surface area contributed by atoms with Gasteiger partial charge in [0.15, 0.2) is 0 Å². The number of esters is 1. The highest BCUT2D eigenvalue weighted by atomic mass is 79.9. The van der Waals surface area contributed by atoms with Crippen molar-refractivity contribution in [2.45, 2.75) is 10.6 Å². The molecule has 6 heteroatoms. The fourth-order valence-corrected chi connectivity index (χ4v) is 3.41. The quantitative estimate of drug-likeness (QED) is 0.618. The second kappa shape index (κ2) is 7.56. The number of thioether (sulfide) groups is 1. The minimum atomic E-state index is -0.453. The van der Waals surface area contributed by atoms with Crippen LogP contribution in [0.4, 0.5) is 0 Å². The van der Waals surface area contributed by atoms with Gasteiger partial charge in [-0.3, -0.25) is 0 Å². The Morgan fingerprint density at radius 3 is 2.59 bits per heavy atom. The third kappa shape index (κ3) is 3.56. The molecule has 0 saturated carbocycles. The molecule has 0 amide bonds. The van der Waals surface area contributed by atoms with Crippen LogP contribution >= 0.6 is 27.7 Å². The van der Waals surface area contributed by atoms with Gasteiger partial charge < -0.3 is 14.6 Å². The number of methoxy groups -OCH3 is 2. The average Bonchev–Trinajstić information content (AvgIpc) is 2.53. The molecule has 1 N–H and O–H groups in total. The Balaban J connectivity index is 2.34. The number of ether oxygens (including phenoxy) is 2. The number of hydrogen-bond donors (Lipinski definition) is 1. The summed E-state index contributed by atoms with van der Waals surface area (Å²) >= 11 is 4.81. The summed E-state index contributed by atoms with van der Waals surface area (Å²) in [5, 5.41) is 9.81. The van der Waals surface area contributed by atoms with Crippen LogP contribution < -0.4 is 4.74 Å². The van der Waals surface area contributed by atoms with E-state index < -0.39 is 5.97 Å². The first-order valence-electron chi connectivity index (χ1n) is 6.43. The first-order chi connectivity index (χ1) is 10.6. The van der Waals surface area contributed by atoms with E-state index in [-0.39, 0.29) is 5.75 Å². The Morgan fingerprint density at radius 2 is 1.95 bits per heavy atom. The van der Waals surface area contributed by atoms with E-state index in [9.17, 15) is 9.90 Å². The van der Waals surface area contributed by atoms with Gasteiger partial charge in [0, 0.05) is 10.6 Å². The molecule has 0 bridgehead atoms. The predicted octanol–water partition coefficient (Wildman–Crippen LogP) is 4.24. The molecule has 116 valence electrons. The van der Waals surface area contributed by atoms with Crippen molar-refractivity contribution in [1.82, 2.24) is 0 Å². The van der Waals surface area contributed by atoms with Crippen LogP contribution in [0, 0.1) is 0 Å². The predicted molar refractivity (Wildman–Crippen MR) is 89.7 cm³/mol. The van der Waals surface area contributed by atoms with Gasteiger partial charge in [0.05, 0.1) is 18.7 Å². The maximum atomic E-state index is 12.1. The lowest BCUT2D eigenvalue weighted by molar-refractivity contribution is 0.0596. The van der Waals surface area contributed by atoms with E-state index >= 15 is 0 Å². The minimum Gasteiger partial charge on any atom is -0.507 e. The smallest absolute Gasteiger partial charge is 0.342 e. The Hall–Kier alpha value is -1.66. The zero-order valence-electron chi connectivity index (χ0n) is 12.1. The molecule has 0 spiro atoms. The molecular formula is C16H15BrO4S. The summed E-state index contributed by atoms with van der Waals surface area (Å²) in [4.78, 5) is 12.8. The number of benzene rings is 2. The SMILES string of the molecule is COC(=O)c1c(CSc2ccccc2O)ccc(Br)c1OC. The van der Waals surface area contributed by atoms with Crippen molar-refractivity contribution >= 4 is 33.7 Å². The van der Waals surface area contributed by atoms with E-state index in [1.165, 1.54) is 26.0 Å². The zero-order valence-corrected chi connectivity index (χ0v) is 14.5. The van der Waals surface area contributed by atoms with Gasteiger partial charge in [-0.1, -0.05) is 18.2 Å². The largest absolute Gasteiger partial charge is 0.507 e. The number of phenolic OH excluding ortho intramolecular Hbond substituents is 1. The van der Waals surface area contributed by atoms with Crippen molar-refractivity contribution in [2.75, 3.05) is 14.2 Å². The Bertz CT molecular complexity index is 688. The number of carbonyl (C=O) groups is 1. The Kier molecular flexibility index (Phi) is 5.74. The normalized spacial score (nSPS) is 10.3. The molecule has 22 heavy (non-hydrogen) atoms. The van der Waals surface area contributed by atoms with Crippen LogP contribution in [0.25, 0.3) is 0 Å². The van der Waals surface area contributed by atoms with Gasteiger partial charge in [0.2, 0.25) is 0 Å². The van der Waals surface area contributed by atoms with Crippen molar-refractivity contribution < 1.29 is 19.4 Å². The molecular weight excluding hydrogens is 368 g/mol. The molecule has 0 radical (unpaired) electrons. The summed E-state index contributed by atoms with van der Waals surface area (Å²) in [6.45, 7) is 0. The lowest BCUT2D eigenvalue weighted by atomic mass is 10.1. The van der Waals surface area contributed by atoms with E-state index in [1.807, 2.05) is 24.3 Å². The first kappa shape index (κ1) is 16.7.